The monoisotopic (exact) mass is 590 g/mol. The van der Waals surface area contributed by atoms with Gasteiger partial charge in [0.15, 0.2) is 0 Å². The van der Waals surface area contributed by atoms with Gasteiger partial charge in [0.1, 0.15) is 0 Å². The Labute approximate surface area is 267 Å². The molecule has 0 amide bonds. The first-order chi connectivity index (χ1) is 18.8. The molecule has 0 bridgehead atoms. The molecule has 1 heteroatoms. The van der Waals surface area contributed by atoms with E-state index < -0.39 is 0 Å². The summed E-state index contributed by atoms with van der Waals surface area (Å²) in [5.74, 6) is 0.699. The summed E-state index contributed by atoms with van der Waals surface area (Å²) in [6.45, 7) is 42.0. The first-order valence-electron chi connectivity index (χ1n) is 16.5. The summed E-state index contributed by atoms with van der Waals surface area (Å²) in [4.78, 5) is 1.41. The van der Waals surface area contributed by atoms with Crippen molar-refractivity contribution in [3.05, 3.63) is 75.9 Å². The first-order valence-corrected chi connectivity index (χ1v) is 17.3. The van der Waals surface area contributed by atoms with Crippen molar-refractivity contribution in [2.45, 2.75) is 174 Å². The maximum absolute atomic E-state index is 4.15. The van der Waals surface area contributed by atoms with Crippen molar-refractivity contribution in [2.24, 2.45) is 5.92 Å². The molecule has 0 nitrogen and oxygen atoms in total. The standard InChI is InChI=1S/C41H66S/c1-28(2)21-29(3)19-18-20-34-35(39(10,11)12)25-33(26-36(34)40(13,14)15)42-41(16,17)27-30-22-31(37(4,5)6)24-32(23-30)38(7,8)9/h22-26,29H,1,18-21,27H2,2-17H3. The minimum atomic E-state index is 0.0649. The molecule has 42 heavy (non-hydrogen) atoms. The van der Waals surface area contributed by atoms with E-state index in [1.165, 1.54) is 51.1 Å². The van der Waals surface area contributed by atoms with Crippen LogP contribution in [-0.2, 0) is 34.5 Å². The number of hydrogen-bond donors (Lipinski definition) is 0. The smallest absolute Gasteiger partial charge is 0.0191 e. The molecule has 236 valence electrons. The van der Waals surface area contributed by atoms with Crippen LogP contribution in [0.4, 0.5) is 0 Å². The zero-order valence-electron chi connectivity index (χ0n) is 30.6. The topological polar surface area (TPSA) is 0 Å². The molecule has 0 saturated heterocycles. The van der Waals surface area contributed by atoms with Crippen LogP contribution >= 0.6 is 11.8 Å². The van der Waals surface area contributed by atoms with E-state index in [9.17, 15) is 0 Å². The van der Waals surface area contributed by atoms with Gasteiger partial charge >= 0.3 is 0 Å². The highest BCUT2D eigenvalue weighted by Crippen LogP contribution is 2.43. The van der Waals surface area contributed by atoms with E-state index in [0.717, 1.165) is 19.3 Å². The maximum Gasteiger partial charge on any atom is 0.0191 e. The molecule has 0 fully saturated rings. The molecule has 2 rings (SSSR count). The lowest BCUT2D eigenvalue weighted by Gasteiger charge is -2.33. The lowest BCUT2D eigenvalue weighted by molar-refractivity contribution is 0.496. The fourth-order valence-electron chi connectivity index (χ4n) is 6.14. The fraction of sp³-hybridized carbons (Fsp3) is 0.659. The number of allylic oxidation sites excluding steroid dienone is 1. The third kappa shape index (κ3) is 10.9. The molecule has 0 heterocycles. The molecule has 0 aromatic heterocycles. The second-order valence-electron chi connectivity index (χ2n) is 18.1. The van der Waals surface area contributed by atoms with Crippen molar-refractivity contribution >= 4 is 11.8 Å². The number of benzene rings is 2. The zero-order valence-corrected chi connectivity index (χ0v) is 31.4. The highest BCUT2D eigenvalue weighted by Gasteiger charge is 2.29. The summed E-state index contributed by atoms with van der Waals surface area (Å²) >= 11 is 2.06. The molecule has 1 atom stereocenters. The SMILES string of the molecule is C=C(C)CC(C)CCCc1c(C(C)(C)C)cc(SC(C)(C)Cc2cc(C(C)(C)C)cc(C(C)(C)C)c2)cc1C(C)(C)C. The van der Waals surface area contributed by atoms with Crippen LogP contribution < -0.4 is 0 Å². The molecule has 0 spiro atoms. The summed E-state index contributed by atoms with van der Waals surface area (Å²) in [6.07, 6.45) is 5.83. The fourth-order valence-corrected chi connectivity index (χ4v) is 7.37. The second kappa shape index (κ2) is 13.3. The van der Waals surface area contributed by atoms with Gasteiger partial charge in [0.25, 0.3) is 0 Å². The molecule has 0 N–H and O–H groups in total. The largest absolute Gasteiger partial charge is 0.120 e. The van der Waals surface area contributed by atoms with Crippen LogP contribution in [0.1, 0.15) is 163 Å². The van der Waals surface area contributed by atoms with Crippen LogP contribution in [0.25, 0.3) is 0 Å². The minimum Gasteiger partial charge on any atom is -0.120 e. The molecule has 2 aromatic carbocycles. The Morgan fingerprint density at radius 3 is 1.52 bits per heavy atom. The molecular weight excluding hydrogens is 525 g/mol. The van der Waals surface area contributed by atoms with E-state index >= 15 is 0 Å². The van der Waals surface area contributed by atoms with Crippen LogP contribution in [0.3, 0.4) is 0 Å². The van der Waals surface area contributed by atoms with Gasteiger partial charge in [0.05, 0.1) is 0 Å². The van der Waals surface area contributed by atoms with Crippen molar-refractivity contribution in [1.82, 2.24) is 0 Å². The van der Waals surface area contributed by atoms with Crippen molar-refractivity contribution < 1.29 is 0 Å². The third-order valence-electron chi connectivity index (χ3n) is 8.41. The molecule has 1 unspecified atom stereocenters. The highest BCUT2D eigenvalue weighted by molar-refractivity contribution is 8.00. The Kier molecular flexibility index (Phi) is 11.6. The zero-order chi connectivity index (χ0) is 32.5. The van der Waals surface area contributed by atoms with Crippen LogP contribution in [0.2, 0.25) is 0 Å². The normalized spacial score (nSPS) is 14.3. The van der Waals surface area contributed by atoms with Gasteiger partial charge in [-0.2, -0.15) is 0 Å². The minimum absolute atomic E-state index is 0.0649. The lowest BCUT2D eigenvalue weighted by Crippen LogP contribution is -2.23. The van der Waals surface area contributed by atoms with Crippen molar-refractivity contribution in [1.29, 1.82) is 0 Å². The summed E-state index contributed by atoms with van der Waals surface area (Å²) in [7, 11) is 0. The van der Waals surface area contributed by atoms with E-state index in [4.69, 9.17) is 0 Å². The Morgan fingerprint density at radius 1 is 0.690 bits per heavy atom. The Bertz CT molecular complexity index is 1140. The average molecular weight is 591 g/mol. The van der Waals surface area contributed by atoms with Crippen LogP contribution in [-0.4, -0.2) is 4.75 Å². The van der Waals surface area contributed by atoms with Gasteiger partial charge < -0.3 is 0 Å². The number of rotatable bonds is 10. The Hall–Kier alpha value is -1.47. The van der Waals surface area contributed by atoms with Crippen LogP contribution in [0.15, 0.2) is 47.4 Å². The van der Waals surface area contributed by atoms with E-state index in [1.807, 2.05) is 0 Å². The molecule has 0 radical (unpaired) electrons. The predicted octanol–water partition coefficient (Wildman–Crippen LogP) is 12.9. The Morgan fingerprint density at radius 2 is 1.14 bits per heavy atom. The van der Waals surface area contributed by atoms with Gasteiger partial charge in [-0.25, -0.2) is 0 Å². The summed E-state index contributed by atoms with van der Waals surface area (Å²) in [5.41, 5.74) is 10.8. The molecule has 0 aliphatic heterocycles. The summed E-state index contributed by atoms with van der Waals surface area (Å²) in [6, 6.07) is 12.5. The predicted molar refractivity (Wildman–Crippen MR) is 193 cm³/mol. The summed E-state index contributed by atoms with van der Waals surface area (Å²) in [5, 5.41) is 0. The summed E-state index contributed by atoms with van der Waals surface area (Å²) < 4.78 is 0.0649. The van der Waals surface area contributed by atoms with Gasteiger partial charge in [-0.1, -0.05) is 134 Å². The van der Waals surface area contributed by atoms with Crippen molar-refractivity contribution in [3.63, 3.8) is 0 Å². The van der Waals surface area contributed by atoms with Gasteiger partial charge in [0, 0.05) is 9.64 Å². The highest BCUT2D eigenvalue weighted by atomic mass is 32.2. The maximum atomic E-state index is 4.15. The molecule has 0 saturated carbocycles. The molecule has 2 aromatic rings. The van der Waals surface area contributed by atoms with Gasteiger partial charge in [0.2, 0.25) is 0 Å². The van der Waals surface area contributed by atoms with Gasteiger partial charge in [-0.15, -0.1) is 18.3 Å². The Balaban J connectivity index is 2.51. The molecule has 0 aliphatic carbocycles. The number of thioether (sulfide) groups is 1. The van der Waals surface area contributed by atoms with Crippen LogP contribution in [0.5, 0.6) is 0 Å². The van der Waals surface area contributed by atoms with E-state index in [0.29, 0.717) is 5.92 Å². The third-order valence-corrected chi connectivity index (χ3v) is 9.58. The average Bonchev–Trinajstić information content (AvgIpc) is 2.75. The van der Waals surface area contributed by atoms with Gasteiger partial charge in [-0.05, 0) is 106 Å². The lowest BCUT2D eigenvalue weighted by atomic mass is 9.75. The van der Waals surface area contributed by atoms with E-state index in [-0.39, 0.29) is 26.4 Å². The van der Waals surface area contributed by atoms with Crippen molar-refractivity contribution in [2.75, 3.05) is 0 Å². The molecule has 0 aliphatic rings. The van der Waals surface area contributed by atoms with Crippen LogP contribution in [0, 0.1) is 5.92 Å². The van der Waals surface area contributed by atoms with Crippen molar-refractivity contribution in [3.8, 4) is 0 Å². The van der Waals surface area contributed by atoms with E-state index in [2.05, 4.69) is 159 Å². The first kappa shape index (κ1) is 36.7. The molecular formula is C41H66S. The quantitative estimate of drug-likeness (QED) is 0.196. The van der Waals surface area contributed by atoms with E-state index in [1.54, 1.807) is 5.56 Å². The number of hydrogen-bond acceptors (Lipinski definition) is 1. The van der Waals surface area contributed by atoms with Gasteiger partial charge in [-0.3, -0.25) is 0 Å². The second-order valence-corrected chi connectivity index (χ2v) is 19.9.